The first-order valence-electron chi connectivity index (χ1n) is 11.8. The monoisotopic (exact) mass is 488 g/mol. The molecule has 0 saturated carbocycles. The van der Waals surface area contributed by atoms with Gasteiger partial charge in [-0.1, -0.05) is 30.3 Å². The molecule has 3 N–H and O–H groups in total. The van der Waals surface area contributed by atoms with Crippen molar-refractivity contribution in [2.24, 2.45) is 0 Å². The Bertz CT molecular complexity index is 1550. The molecule has 9 heteroatoms. The molecule has 3 aromatic heterocycles. The van der Waals surface area contributed by atoms with Crippen LogP contribution in [0.25, 0.3) is 44.1 Å². The van der Waals surface area contributed by atoms with Gasteiger partial charge in [0.25, 0.3) is 0 Å². The zero-order chi connectivity index (χ0) is 24.7. The van der Waals surface area contributed by atoms with Crippen molar-refractivity contribution in [3.8, 4) is 22.4 Å². The second kappa shape index (κ2) is 8.91. The summed E-state index contributed by atoms with van der Waals surface area (Å²) >= 11 is 0. The molecule has 6 nitrogen and oxygen atoms in total. The van der Waals surface area contributed by atoms with E-state index < -0.39 is 11.7 Å². The molecule has 0 bridgehead atoms. The first kappa shape index (κ1) is 22.5. The van der Waals surface area contributed by atoms with E-state index in [1.165, 1.54) is 0 Å². The summed E-state index contributed by atoms with van der Waals surface area (Å²) in [5.74, 6) is 0.196. The van der Waals surface area contributed by atoms with Crippen LogP contribution in [0.4, 0.5) is 19.1 Å². The van der Waals surface area contributed by atoms with Crippen LogP contribution in [-0.4, -0.2) is 39.1 Å². The fourth-order valence-corrected chi connectivity index (χ4v) is 4.89. The molecule has 0 radical (unpaired) electrons. The molecular weight excluding hydrogens is 465 g/mol. The van der Waals surface area contributed by atoms with Gasteiger partial charge in [-0.15, -0.1) is 0 Å². The van der Waals surface area contributed by atoms with Gasteiger partial charge in [-0.05, 0) is 48.0 Å². The third kappa shape index (κ3) is 4.15. The van der Waals surface area contributed by atoms with Crippen LogP contribution in [0, 0.1) is 0 Å². The lowest BCUT2D eigenvalue weighted by atomic mass is 9.97. The summed E-state index contributed by atoms with van der Waals surface area (Å²) < 4.78 is 41.8. The molecule has 1 aliphatic heterocycles. The van der Waals surface area contributed by atoms with E-state index in [2.05, 4.69) is 30.6 Å². The number of hydrogen-bond donors (Lipinski definition) is 3. The summed E-state index contributed by atoms with van der Waals surface area (Å²) in [6.07, 6.45) is 3.34. The molecule has 0 aliphatic carbocycles. The van der Waals surface area contributed by atoms with E-state index in [-0.39, 0.29) is 17.7 Å². The highest BCUT2D eigenvalue weighted by Gasteiger charge is 2.36. The van der Waals surface area contributed by atoms with E-state index in [4.69, 9.17) is 0 Å². The van der Waals surface area contributed by atoms with Crippen LogP contribution in [0.1, 0.15) is 18.4 Å². The number of hydrogen-bond acceptors (Lipinski definition) is 5. The summed E-state index contributed by atoms with van der Waals surface area (Å²) in [5, 5.41) is 9.21. The van der Waals surface area contributed by atoms with Crippen LogP contribution in [0.5, 0.6) is 0 Å². The van der Waals surface area contributed by atoms with E-state index in [1.807, 2.05) is 48.7 Å². The van der Waals surface area contributed by atoms with Gasteiger partial charge in [0.15, 0.2) is 0 Å². The first-order chi connectivity index (χ1) is 17.5. The fourth-order valence-electron chi connectivity index (χ4n) is 4.89. The van der Waals surface area contributed by atoms with Crippen LogP contribution in [0.15, 0.2) is 67.3 Å². The zero-order valence-corrected chi connectivity index (χ0v) is 19.2. The smallest absolute Gasteiger partial charge is 0.360 e. The van der Waals surface area contributed by atoms with Gasteiger partial charge < -0.3 is 15.6 Å². The Kier molecular flexibility index (Phi) is 5.56. The number of nitrogens with one attached hydrogen (secondary N) is 3. The number of rotatable bonds is 4. The van der Waals surface area contributed by atoms with Gasteiger partial charge in [0.05, 0.1) is 5.69 Å². The quantitative estimate of drug-likeness (QED) is 0.288. The van der Waals surface area contributed by atoms with E-state index in [0.29, 0.717) is 10.9 Å². The molecule has 2 aromatic carbocycles. The number of piperidine rings is 1. The minimum atomic E-state index is -4.58. The summed E-state index contributed by atoms with van der Waals surface area (Å²) in [4.78, 5) is 15.7. The lowest BCUT2D eigenvalue weighted by molar-refractivity contribution is -0.137. The van der Waals surface area contributed by atoms with Crippen LogP contribution in [-0.2, 0) is 6.18 Å². The number of anilines is 1. The van der Waals surface area contributed by atoms with Crippen molar-refractivity contribution in [1.82, 2.24) is 25.3 Å². The van der Waals surface area contributed by atoms with E-state index in [0.717, 1.165) is 59.5 Å². The summed E-state index contributed by atoms with van der Waals surface area (Å²) in [7, 11) is 0. The number of benzene rings is 2. The minimum absolute atomic E-state index is 0.0739. The largest absolute Gasteiger partial charge is 0.419 e. The average Bonchev–Trinajstić information content (AvgIpc) is 3.31. The van der Waals surface area contributed by atoms with Gasteiger partial charge in [0.2, 0.25) is 5.95 Å². The van der Waals surface area contributed by atoms with Crippen LogP contribution >= 0.6 is 0 Å². The third-order valence-corrected chi connectivity index (χ3v) is 6.65. The number of H-pyrrole nitrogens is 1. The molecule has 1 fully saturated rings. The SMILES string of the molecule is FC(F)(F)c1cnc(N[C@H]2CCCNC2)nc1-c1c[nH]c2cc(-c3cccc4cnccc34)ccc12. The Balaban J connectivity index is 1.43. The van der Waals surface area contributed by atoms with E-state index >= 15 is 0 Å². The summed E-state index contributed by atoms with van der Waals surface area (Å²) in [6.45, 7) is 1.66. The molecular formula is C27H23F3N6. The number of fused-ring (bicyclic) bond motifs is 2. The highest BCUT2D eigenvalue weighted by Crippen LogP contribution is 2.40. The van der Waals surface area contributed by atoms with Crippen molar-refractivity contribution in [2.75, 3.05) is 18.4 Å². The van der Waals surface area contributed by atoms with E-state index in [1.54, 1.807) is 12.4 Å². The standard InChI is InChI=1S/C27H23F3N6/c28-27(29,30)23-15-34-26(35-18-4-2-9-31-13-18)36-25(23)22-14-33-24-11-16(6-7-21(22)24)19-5-1-3-17-12-32-10-8-20(17)19/h1,3,5-8,10-12,14-15,18,31,33H,2,4,9,13H2,(H,34,35,36)/t18-/m0/s1. The van der Waals surface area contributed by atoms with Crippen molar-refractivity contribution in [3.05, 3.63) is 72.8 Å². The normalized spacial score (nSPS) is 16.5. The molecule has 0 spiro atoms. The molecule has 6 rings (SSSR count). The molecule has 0 amide bonds. The van der Waals surface area contributed by atoms with Gasteiger partial charge in [-0.25, -0.2) is 9.97 Å². The molecule has 0 unspecified atom stereocenters. The Morgan fingerprint density at radius 3 is 2.75 bits per heavy atom. The van der Waals surface area contributed by atoms with Crippen LogP contribution in [0.3, 0.4) is 0 Å². The Morgan fingerprint density at radius 2 is 1.92 bits per heavy atom. The van der Waals surface area contributed by atoms with Gasteiger partial charge in [0.1, 0.15) is 5.56 Å². The molecule has 182 valence electrons. The zero-order valence-electron chi connectivity index (χ0n) is 19.2. The maximum Gasteiger partial charge on any atom is 0.419 e. The molecule has 5 aromatic rings. The molecule has 4 heterocycles. The second-order valence-electron chi connectivity index (χ2n) is 9.01. The van der Waals surface area contributed by atoms with Crippen molar-refractivity contribution in [2.45, 2.75) is 25.1 Å². The third-order valence-electron chi connectivity index (χ3n) is 6.65. The van der Waals surface area contributed by atoms with Gasteiger partial charge in [-0.2, -0.15) is 13.2 Å². The van der Waals surface area contributed by atoms with Crippen molar-refractivity contribution in [1.29, 1.82) is 0 Å². The molecule has 36 heavy (non-hydrogen) atoms. The number of aromatic amines is 1. The summed E-state index contributed by atoms with van der Waals surface area (Å²) in [5.41, 5.74) is 2.10. The number of alkyl halides is 3. The second-order valence-corrected chi connectivity index (χ2v) is 9.01. The topological polar surface area (TPSA) is 78.5 Å². The minimum Gasteiger partial charge on any atom is -0.360 e. The van der Waals surface area contributed by atoms with Crippen molar-refractivity contribution in [3.63, 3.8) is 0 Å². The van der Waals surface area contributed by atoms with Crippen molar-refractivity contribution >= 4 is 27.6 Å². The van der Waals surface area contributed by atoms with E-state index in [9.17, 15) is 13.2 Å². The Hall–Kier alpha value is -3.98. The number of pyridine rings is 1. The molecule has 1 saturated heterocycles. The number of nitrogens with zero attached hydrogens (tertiary/aromatic N) is 3. The van der Waals surface area contributed by atoms with Gasteiger partial charge >= 0.3 is 6.18 Å². The maximum atomic E-state index is 13.9. The molecule has 1 atom stereocenters. The fraction of sp³-hybridized carbons (Fsp3) is 0.222. The van der Waals surface area contributed by atoms with Crippen LogP contribution < -0.4 is 10.6 Å². The highest BCUT2D eigenvalue weighted by atomic mass is 19.4. The highest BCUT2D eigenvalue weighted by molar-refractivity contribution is 6.01. The predicted molar refractivity (Wildman–Crippen MR) is 135 cm³/mol. The first-order valence-corrected chi connectivity index (χ1v) is 11.8. The summed E-state index contributed by atoms with van der Waals surface area (Å²) in [6, 6.07) is 13.8. The van der Waals surface area contributed by atoms with Gasteiger partial charge in [0, 0.05) is 59.2 Å². The average molecular weight is 489 g/mol. The lowest BCUT2D eigenvalue weighted by Crippen LogP contribution is -2.38. The molecule has 1 aliphatic rings. The maximum absolute atomic E-state index is 13.9. The Morgan fingerprint density at radius 1 is 1.00 bits per heavy atom. The number of aromatic nitrogens is 4. The lowest BCUT2D eigenvalue weighted by Gasteiger charge is -2.24. The predicted octanol–water partition coefficient (Wildman–Crippen LogP) is 6.02. The number of halogens is 3. The van der Waals surface area contributed by atoms with Crippen LogP contribution in [0.2, 0.25) is 0 Å². The van der Waals surface area contributed by atoms with Gasteiger partial charge in [-0.3, -0.25) is 4.98 Å². The Labute approximate surface area is 205 Å². The van der Waals surface area contributed by atoms with Crippen molar-refractivity contribution < 1.29 is 13.2 Å².